The second kappa shape index (κ2) is 8.04. The highest BCUT2D eigenvalue weighted by molar-refractivity contribution is 7.92. The van der Waals surface area contributed by atoms with Gasteiger partial charge in [-0.05, 0) is 73.5 Å². The highest BCUT2D eigenvalue weighted by Gasteiger charge is 2.15. The van der Waals surface area contributed by atoms with Crippen LogP contribution in [0, 0.1) is 13.8 Å². The van der Waals surface area contributed by atoms with Gasteiger partial charge in [-0.1, -0.05) is 29.8 Å². The van der Waals surface area contributed by atoms with E-state index >= 15 is 0 Å². The van der Waals surface area contributed by atoms with Crippen LogP contribution in [0.15, 0.2) is 71.6 Å². The summed E-state index contributed by atoms with van der Waals surface area (Å²) in [5.74, 6) is -0.366. The van der Waals surface area contributed by atoms with Crippen LogP contribution in [0.2, 0.25) is 5.02 Å². The van der Waals surface area contributed by atoms with Gasteiger partial charge in [0.1, 0.15) is 0 Å². The van der Waals surface area contributed by atoms with Crippen LogP contribution in [-0.4, -0.2) is 14.3 Å². The lowest BCUT2D eigenvalue weighted by molar-refractivity contribution is 0.102. The molecule has 5 nitrogen and oxygen atoms in total. The van der Waals surface area contributed by atoms with Gasteiger partial charge in [0.15, 0.2) is 0 Å². The van der Waals surface area contributed by atoms with Gasteiger partial charge < -0.3 is 5.32 Å². The third kappa shape index (κ3) is 4.71. The van der Waals surface area contributed by atoms with Gasteiger partial charge in [-0.2, -0.15) is 0 Å². The Morgan fingerprint density at radius 1 is 0.857 bits per heavy atom. The van der Waals surface area contributed by atoms with Crippen LogP contribution in [0.3, 0.4) is 0 Å². The Balaban J connectivity index is 1.76. The van der Waals surface area contributed by atoms with Crippen LogP contribution in [-0.2, 0) is 10.0 Å². The van der Waals surface area contributed by atoms with Crippen molar-refractivity contribution in [3.63, 3.8) is 0 Å². The molecule has 7 heteroatoms. The third-order valence-electron chi connectivity index (χ3n) is 4.01. The van der Waals surface area contributed by atoms with Crippen molar-refractivity contribution >= 4 is 38.9 Å². The number of aryl methyl sites for hydroxylation is 2. The first-order valence-corrected chi connectivity index (χ1v) is 10.4. The molecular formula is C21H19ClN2O3S. The van der Waals surface area contributed by atoms with E-state index in [1.807, 2.05) is 19.9 Å². The topological polar surface area (TPSA) is 75.3 Å². The fourth-order valence-electron chi connectivity index (χ4n) is 2.81. The Bertz CT molecular complexity index is 1110. The predicted octanol–water partition coefficient (Wildman–Crippen LogP) is 5.01. The number of halogens is 1. The normalized spacial score (nSPS) is 11.1. The molecule has 144 valence electrons. The smallest absolute Gasteiger partial charge is 0.261 e. The van der Waals surface area contributed by atoms with Gasteiger partial charge in [0.25, 0.3) is 15.9 Å². The summed E-state index contributed by atoms with van der Waals surface area (Å²) in [4.78, 5) is 12.4. The van der Waals surface area contributed by atoms with Crippen LogP contribution >= 0.6 is 11.6 Å². The molecule has 0 saturated carbocycles. The molecule has 0 atom stereocenters. The van der Waals surface area contributed by atoms with Crippen LogP contribution < -0.4 is 10.0 Å². The van der Waals surface area contributed by atoms with E-state index in [4.69, 9.17) is 11.6 Å². The van der Waals surface area contributed by atoms with E-state index in [-0.39, 0.29) is 10.8 Å². The highest BCUT2D eigenvalue weighted by atomic mass is 35.5. The molecule has 3 aromatic rings. The molecule has 0 saturated heterocycles. The van der Waals surface area contributed by atoms with E-state index in [2.05, 4.69) is 10.0 Å². The zero-order valence-electron chi connectivity index (χ0n) is 15.4. The van der Waals surface area contributed by atoms with E-state index in [1.165, 1.54) is 24.3 Å². The molecule has 0 aliphatic rings. The number of hydrogen-bond donors (Lipinski definition) is 2. The molecule has 0 fully saturated rings. The van der Waals surface area contributed by atoms with Gasteiger partial charge in [0.2, 0.25) is 0 Å². The standard InChI is InChI=1S/C21H19ClN2O3S/c1-14-11-15(2)13-17(12-14)24-28(26,27)18-9-7-16(8-10-18)23-21(25)19-5-3-4-6-20(19)22/h3-13,24H,1-2H3,(H,23,25). The highest BCUT2D eigenvalue weighted by Crippen LogP contribution is 2.21. The van der Waals surface area contributed by atoms with Crippen LogP contribution in [0.1, 0.15) is 21.5 Å². The van der Waals surface area contributed by atoms with Crippen molar-refractivity contribution in [2.75, 3.05) is 10.0 Å². The van der Waals surface area contributed by atoms with Crippen molar-refractivity contribution in [1.29, 1.82) is 0 Å². The lowest BCUT2D eigenvalue weighted by atomic mass is 10.1. The maximum atomic E-state index is 12.6. The molecule has 3 rings (SSSR count). The van der Waals surface area contributed by atoms with E-state index in [9.17, 15) is 13.2 Å². The first-order valence-electron chi connectivity index (χ1n) is 8.52. The fourth-order valence-corrected chi connectivity index (χ4v) is 4.07. The van der Waals surface area contributed by atoms with Crippen molar-refractivity contribution in [2.24, 2.45) is 0 Å². The summed E-state index contributed by atoms with van der Waals surface area (Å²) in [5.41, 5.74) is 3.26. The molecule has 0 radical (unpaired) electrons. The summed E-state index contributed by atoms with van der Waals surface area (Å²) in [6, 6.07) is 18.1. The summed E-state index contributed by atoms with van der Waals surface area (Å²) >= 11 is 6.02. The summed E-state index contributed by atoms with van der Waals surface area (Å²) in [6.45, 7) is 3.81. The van der Waals surface area contributed by atoms with Crippen molar-refractivity contribution in [3.05, 3.63) is 88.4 Å². The molecule has 0 spiro atoms. The molecule has 0 aromatic heterocycles. The monoisotopic (exact) mass is 414 g/mol. The van der Waals surface area contributed by atoms with Gasteiger partial charge in [-0.3, -0.25) is 9.52 Å². The van der Waals surface area contributed by atoms with Crippen LogP contribution in [0.5, 0.6) is 0 Å². The van der Waals surface area contributed by atoms with Crippen LogP contribution in [0.4, 0.5) is 11.4 Å². The first-order chi connectivity index (χ1) is 13.2. The Hall–Kier alpha value is -2.83. The Kier molecular flexibility index (Phi) is 5.72. The van der Waals surface area contributed by atoms with Gasteiger partial charge in [-0.15, -0.1) is 0 Å². The van der Waals surface area contributed by atoms with E-state index in [1.54, 1.807) is 36.4 Å². The van der Waals surface area contributed by atoms with E-state index in [0.717, 1.165) is 11.1 Å². The van der Waals surface area contributed by atoms with E-state index < -0.39 is 10.0 Å². The minimum absolute atomic E-state index is 0.0994. The largest absolute Gasteiger partial charge is 0.322 e. The second-order valence-corrected chi connectivity index (χ2v) is 8.53. The molecule has 0 aliphatic heterocycles. The number of anilines is 2. The SMILES string of the molecule is Cc1cc(C)cc(NS(=O)(=O)c2ccc(NC(=O)c3ccccc3Cl)cc2)c1. The third-order valence-corrected chi connectivity index (χ3v) is 5.74. The average molecular weight is 415 g/mol. The number of amides is 1. The zero-order valence-corrected chi connectivity index (χ0v) is 16.9. The average Bonchev–Trinajstić information content (AvgIpc) is 2.61. The Labute approximate surface area is 169 Å². The zero-order chi connectivity index (χ0) is 20.3. The first kappa shape index (κ1) is 19.9. The maximum Gasteiger partial charge on any atom is 0.261 e. The predicted molar refractivity (Wildman–Crippen MR) is 113 cm³/mol. The number of benzene rings is 3. The van der Waals surface area contributed by atoms with Gasteiger partial charge in [0, 0.05) is 11.4 Å². The number of sulfonamides is 1. The van der Waals surface area contributed by atoms with Gasteiger partial charge in [-0.25, -0.2) is 8.42 Å². The van der Waals surface area contributed by atoms with Gasteiger partial charge in [0.05, 0.1) is 15.5 Å². The molecule has 3 aromatic carbocycles. The lowest BCUT2D eigenvalue weighted by Crippen LogP contribution is -2.14. The van der Waals surface area contributed by atoms with Crippen molar-refractivity contribution in [2.45, 2.75) is 18.7 Å². The molecule has 0 heterocycles. The van der Waals surface area contributed by atoms with Gasteiger partial charge >= 0.3 is 0 Å². The lowest BCUT2D eigenvalue weighted by Gasteiger charge is -2.11. The molecule has 1 amide bonds. The summed E-state index contributed by atoms with van der Waals surface area (Å²) in [7, 11) is -3.73. The molecular weight excluding hydrogens is 396 g/mol. The van der Waals surface area contributed by atoms with Crippen molar-refractivity contribution < 1.29 is 13.2 Å². The van der Waals surface area contributed by atoms with E-state index in [0.29, 0.717) is 22.0 Å². The number of hydrogen-bond acceptors (Lipinski definition) is 3. The second-order valence-electron chi connectivity index (χ2n) is 6.44. The Morgan fingerprint density at radius 3 is 2.07 bits per heavy atom. The number of carbonyl (C=O) groups is 1. The summed E-state index contributed by atoms with van der Waals surface area (Å²) in [6.07, 6.45) is 0. The molecule has 2 N–H and O–H groups in total. The summed E-state index contributed by atoms with van der Waals surface area (Å²) in [5, 5.41) is 3.05. The number of nitrogens with one attached hydrogen (secondary N) is 2. The molecule has 0 unspecified atom stereocenters. The summed E-state index contributed by atoms with van der Waals surface area (Å²) < 4.78 is 27.8. The number of carbonyl (C=O) groups excluding carboxylic acids is 1. The maximum absolute atomic E-state index is 12.6. The molecule has 0 bridgehead atoms. The number of rotatable bonds is 5. The quantitative estimate of drug-likeness (QED) is 0.616. The molecule has 28 heavy (non-hydrogen) atoms. The van der Waals surface area contributed by atoms with Crippen molar-refractivity contribution in [3.8, 4) is 0 Å². The van der Waals surface area contributed by atoms with Crippen LogP contribution in [0.25, 0.3) is 0 Å². The minimum atomic E-state index is -3.73. The van der Waals surface area contributed by atoms with Crippen molar-refractivity contribution in [1.82, 2.24) is 0 Å². The molecule has 0 aliphatic carbocycles. The minimum Gasteiger partial charge on any atom is -0.322 e. The fraction of sp³-hybridized carbons (Fsp3) is 0.0952. The Morgan fingerprint density at radius 2 is 1.46 bits per heavy atom.